The van der Waals surface area contributed by atoms with Crippen LogP contribution in [0.25, 0.3) is 0 Å². The first-order valence-corrected chi connectivity index (χ1v) is 12.4. The van der Waals surface area contributed by atoms with E-state index in [-0.39, 0.29) is 0 Å². The number of hydrogen-bond acceptors (Lipinski definition) is 4. The summed E-state index contributed by atoms with van der Waals surface area (Å²) in [4.78, 5) is 0. The molecule has 0 radical (unpaired) electrons. The molecule has 0 aliphatic carbocycles. The van der Waals surface area contributed by atoms with Crippen LogP contribution in [0, 0.1) is 3.57 Å². The molecular weight excluding hydrogens is 525 g/mol. The molecule has 3 aromatic rings. The van der Waals surface area contributed by atoms with Gasteiger partial charge in [0.05, 0.1) is 5.25 Å². The van der Waals surface area contributed by atoms with Crippen molar-refractivity contribution in [2.24, 2.45) is 0 Å². The standard InChI is InChI=1S/C24H26INO4S/c1-18(21-16-10-11-17-22(21)25)31(27,28)26(23(29-2)19-12-6-4-7-13-19)24(30-3)20-14-8-5-9-15-20/h4-18,23-24H,1-3H3. The van der Waals surface area contributed by atoms with E-state index in [1.54, 1.807) is 6.92 Å². The van der Waals surface area contributed by atoms with E-state index in [4.69, 9.17) is 9.47 Å². The molecule has 3 unspecified atom stereocenters. The van der Waals surface area contributed by atoms with Crippen LogP contribution in [-0.2, 0) is 19.5 Å². The number of sulfonamides is 1. The molecular formula is C24H26INO4S. The first-order chi connectivity index (χ1) is 14.9. The number of hydrogen-bond donors (Lipinski definition) is 0. The van der Waals surface area contributed by atoms with Gasteiger partial charge >= 0.3 is 0 Å². The summed E-state index contributed by atoms with van der Waals surface area (Å²) in [6.45, 7) is 1.70. The first kappa shape index (κ1) is 23.9. The second-order valence-electron chi connectivity index (χ2n) is 7.04. The van der Waals surface area contributed by atoms with Gasteiger partial charge in [0.15, 0.2) is 12.5 Å². The third-order valence-corrected chi connectivity index (χ3v) is 8.26. The van der Waals surface area contributed by atoms with Crippen LogP contribution in [0.1, 0.15) is 41.3 Å². The molecule has 3 atom stereocenters. The zero-order valence-electron chi connectivity index (χ0n) is 17.7. The van der Waals surface area contributed by atoms with Gasteiger partial charge in [-0.2, -0.15) is 0 Å². The van der Waals surface area contributed by atoms with Gasteiger partial charge in [-0.05, 0) is 52.3 Å². The average Bonchev–Trinajstić information content (AvgIpc) is 2.80. The van der Waals surface area contributed by atoms with E-state index in [0.29, 0.717) is 0 Å². The minimum Gasteiger partial charge on any atom is -0.361 e. The molecule has 3 rings (SSSR count). The van der Waals surface area contributed by atoms with Gasteiger partial charge in [-0.3, -0.25) is 0 Å². The highest BCUT2D eigenvalue weighted by Gasteiger charge is 2.42. The number of ether oxygens (including phenoxy) is 2. The van der Waals surface area contributed by atoms with Crippen LogP contribution in [0.2, 0.25) is 0 Å². The largest absolute Gasteiger partial charge is 0.361 e. The fourth-order valence-electron chi connectivity index (χ4n) is 3.55. The lowest BCUT2D eigenvalue weighted by Gasteiger charge is -2.37. The molecule has 0 N–H and O–H groups in total. The predicted molar refractivity (Wildman–Crippen MR) is 131 cm³/mol. The van der Waals surface area contributed by atoms with Crippen LogP contribution >= 0.6 is 22.6 Å². The van der Waals surface area contributed by atoms with E-state index in [1.165, 1.54) is 18.5 Å². The lowest BCUT2D eigenvalue weighted by molar-refractivity contribution is -0.0875. The van der Waals surface area contributed by atoms with E-state index in [1.807, 2.05) is 84.9 Å². The van der Waals surface area contributed by atoms with Crippen molar-refractivity contribution < 1.29 is 17.9 Å². The van der Waals surface area contributed by atoms with Crippen molar-refractivity contribution in [3.8, 4) is 0 Å². The molecule has 0 saturated heterocycles. The highest BCUT2D eigenvalue weighted by molar-refractivity contribution is 14.1. The van der Waals surface area contributed by atoms with E-state index in [9.17, 15) is 8.42 Å². The number of nitrogens with zero attached hydrogens (tertiary/aromatic N) is 1. The summed E-state index contributed by atoms with van der Waals surface area (Å²) in [5.41, 5.74) is 2.18. The van der Waals surface area contributed by atoms with Crippen molar-refractivity contribution in [3.05, 3.63) is 105 Å². The van der Waals surface area contributed by atoms with Gasteiger partial charge in [0.1, 0.15) is 0 Å². The molecule has 0 aliphatic rings. The van der Waals surface area contributed by atoms with Crippen LogP contribution in [0.3, 0.4) is 0 Å². The second-order valence-corrected chi connectivity index (χ2v) is 10.4. The smallest absolute Gasteiger partial charge is 0.225 e. The SMILES string of the molecule is COC(c1ccccc1)N(C(OC)c1ccccc1)S(=O)(=O)C(C)c1ccccc1I. The summed E-state index contributed by atoms with van der Waals surface area (Å²) in [5.74, 6) is 0. The third-order valence-electron chi connectivity index (χ3n) is 5.16. The predicted octanol–water partition coefficient (Wildman–Crippen LogP) is 5.67. The monoisotopic (exact) mass is 551 g/mol. The number of methoxy groups -OCH3 is 2. The van der Waals surface area contributed by atoms with Crippen molar-refractivity contribution >= 4 is 32.6 Å². The summed E-state index contributed by atoms with van der Waals surface area (Å²) >= 11 is 2.17. The van der Waals surface area contributed by atoms with Gasteiger partial charge in [-0.25, -0.2) is 8.42 Å². The molecule has 0 heterocycles. The topological polar surface area (TPSA) is 55.8 Å². The zero-order valence-corrected chi connectivity index (χ0v) is 20.7. The van der Waals surface area contributed by atoms with Crippen LogP contribution in [0.15, 0.2) is 84.9 Å². The molecule has 5 nitrogen and oxygen atoms in total. The highest BCUT2D eigenvalue weighted by atomic mass is 127. The minimum atomic E-state index is -3.92. The van der Waals surface area contributed by atoms with Gasteiger partial charge in [-0.1, -0.05) is 78.9 Å². The molecule has 164 valence electrons. The highest BCUT2D eigenvalue weighted by Crippen LogP contribution is 2.40. The number of rotatable bonds is 9. The second kappa shape index (κ2) is 10.7. The molecule has 0 saturated carbocycles. The van der Waals surface area contributed by atoms with Gasteiger partial charge < -0.3 is 9.47 Å². The van der Waals surface area contributed by atoms with E-state index in [2.05, 4.69) is 22.6 Å². The molecule has 0 fully saturated rings. The molecule has 0 aromatic heterocycles. The molecule has 7 heteroatoms. The molecule has 0 bridgehead atoms. The molecule has 31 heavy (non-hydrogen) atoms. The van der Waals surface area contributed by atoms with Gasteiger partial charge in [0.25, 0.3) is 0 Å². The Bertz CT molecular complexity index is 1030. The summed E-state index contributed by atoms with van der Waals surface area (Å²) in [7, 11) is -0.899. The van der Waals surface area contributed by atoms with Crippen LogP contribution in [-0.4, -0.2) is 26.9 Å². The maximum atomic E-state index is 14.1. The number of halogens is 1. The van der Waals surface area contributed by atoms with Gasteiger partial charge in [0.2, 0.25) is 10.0 Å². The lowest BCUT2D eigenvalue weighted by Crippen LogP contribution is -2.41. The van der Waals surface area contributed by atoms with E-state index >= 15 is 0 Å². The molecule has 0 spiro atoms. The van der Waals surface area contributed by atoms with Crippen molar-refractivity contribution in [2.75, 3.05) is 14.2 Å². The molecule has 3 aromatic carbocycles. The maximum Gasteiger partial charge on any atom is 0.225 e. The van der Waals surface area contributed by atoms with Gasteiger partial charge in [-0.15, -0.1) is 4.31 Å². The Morgan fingerprint density at radius 2 is 1.16 bits per heavy atom. The van der Waals surface area contributed by atoms with Crippen molar-refractivity contribution in [2.45, 2.75) is 24.6 Å². The van der Waals surface area contributed by atoms with Crippen LogP contribution in [0.4, 0.5) is 0 Å². The summed E-state index contributed by atoms with van der Waals surface area (Å²) in [6.07, 6.45) is -1.72. The average molecular weight is 551 g/mol. The Hall–Kier alpha value is -1.78. The van der Waals surface area contributed by atoms with Crippen LogP contribution in [0.5, 0.6) is 0 Å². The van der Waals surface area contributed by atoms with Crippen molar-refractivity contribution in [1.82, 2.24) is 4.31 Å². The fraction of sp³-hybridized carbons (Fsp3) is 0.250. The Balaban J connectivity index is 2.18. The summed E-state index contributed by atoms with van der Waals surface area (Å²) in [6, 6.07) is 26.1. The Morgan fingerprint density at radius 3 is 1.58 bits per heavy atom. The van der Waals surface area contributed by atoms with Crippen LogP contribution < -0.4 is 0 Å². The van der Waals surface area contributed by atoms with Crippen molar-refractivity contribution in [3.63, 3.8) is 0 Å². The fourth-order valence-corrected chi connectivity index (χ4v) is 6.45. The van der Waals surface area contributed by atoms with E-state index < -0.39 is 27.7 Å². The lowest BCUT2D eigenvalue weighted by atomic mass is 10.1. The normalized spacial score (nSPS) is 14.9. The quantitative estimate of drug-likeness (QED) is 0.254. The molecule has 0 amide bonds. The van der Waals surface area contributed by atoms with Gasteiger partial charge in [0, 0.05) is 17.8 Å². The zero-order chi connectivity index (χ0) is 22.4. The first-order valence-electron chi connectivity index (χ1n) is 9.84. The Morgan fingerprint density at radius 1 is 0.742 bits per heavy atom. The molecule has 0 aliphatic heterocycles. The minimum absolute atomic E-state index is 0.724. The Kier molecular flexibility index (Phi) is 8.23. The number of benzene rings is 3. The summed E-state index contributed by atoms with van der Waals surface area (Å²) in [5, 5.41) is -0.802. The summed E-state index contributed by atoms with van der Waals surface area (Å²) < 4.78 is 42.0. The third kappa shape index (κ3) is 5.18. The van der Waals surface area contributed by atoms with E-state index in [0.717, 1.165) is 20.3 Å². The maximum absolute atomic E-state index is 14.1. The van der Waals surface area contributed by atoms with Crippen molar-refractivity contribution in [1.29, 1.82) is 0 Å². The Labute approximate surface area is 198 Å².